The van der Waals surface area contributed by atoms with E-state index in [9.17, 15) is 19.5 Å². The highest BCUT2D eigenvalue weighted by molar-refractivity contribution is 5.99. The van der Waals surface area contributed by atoms with Crippen LogP contribution in [0.4, 0.5) is 5.69 Å². The summed E-state index contributed by atoms with van der Waals surface area (Å²) >= 11 is 0. The summed E-state index contributed by atoms with van der Waals surface area (Å²) in [7, 11) is 0. The molecule has 26 heavy (non-hydrogen) atoms. The van der Waals surface area contributed by atoms with Gasteiger partial charge in [0, 0.05) is 42.7 Å². The number of aliphatic hydroxyl groups is 1. The van der Waals surface area contributed by atoms with Gasteiger partial charge in [-0.2, -0.15) is 0 Å². The summed E-state index contributed by atoms with van der Waals surface area (Å²) in [6.07, 6.45) is 2.16. The number of benzene rings is 1. The van der Waals surface area contributed by atoms with E-state index >= 15 is 0 Å². The first-order chi connectivity index (χ1) is 12.4. The number of rotatable bonds is 3. The summed E-state index contributed by atoms with van der Waals surface area (Å²) in [4.78, 5) is 37.4. The molecule has 1 aromatic rings. The third-order valence-electron chi connectivity index (χ3n) is 5.34. The number of likely N-dealkylation sites (tertiary alicyclic amines) is 1. The lowest BCUT2D eigenvalue weighted by Crippen LogP contribution is -2.56. The van der Waals surface area contributed by atoms with Gasteiger partial charge < -0.3 is 20.6 Å². The lowest BCUT2D eigenvalue weighted by atomic mass is 9.69. The first kappa shape index (κ1) is 18.1. The number of anilines is 1. The maximum absolute atomic E-state index is 12.7. The molecule has 3 amide bonds. The van der Waals surface area contributed by atoms with Gasteiger partial charge in [-0.1, -0.05) is 6.58 Å². The highest BCUT2D eigenvalue weighted by atomic mass is 16.3. The van der Waals surface area contributed by atoms with Gasteiger partial charge in [0.2, 0.25) is 11.8 Å². The van der Waals surface area contributed by atoms with Crippen molar-refractivity contribution < 1.29 is 19.5 Å². The van der Waals surface area contributed by atoms with Crippen molar-refractivity contribution in [3.8, 4) is 0 Å². The maximum atomic E-state index is 12.7. The summed E-state index contributed by atoms with van der Waals surface area (Å²) in [5.74, 6) is -0.427. The Hall–Kier alpha value is -2.67. The Morgan fingerprint density at radius 3 is 2.54 bits per heavy atom. The maximum Gasteiger partial charge on any atom is 0.253 e. The molecule has 0 bridgehead atoms. The average molecular weight is 357 g/mol. The standard InChI is InChI=1S/C19H23N3O4/c1-2-16(24)21-14-5-3-13(4-6-14)18(26)22-9-7-19(8-10-22)11-17(25)20-12-15(19)23/h2-6,15,23H,1,7-12H2,(H,20,25)(H,21,24). The Bertz CT molecular complexity index is 721. The zero-order chi connectivity index (χ0) is 18.7. The van der Waals surface area contributed by atoms with Crippen molar-refractivity contribution in [1.29, 1.82) is 0 Å². The van der Waals surface area contributed by atoms with Crippen molar-refractivity contribution in [2.45, 2.75) is 25.4 Å². The molecule has 3 N–H and O–H groups in total. The molecule has 1 atom stereocenters. The Labute approximate surface area is 152 Å². The molecule has 2 aliphatic heterocycles. The predicted molar refractivity (Wildman–Crippen MR) is 96.5 cm³/mol. The number of aliphatic hydroxyl groups excluding tert-OH is 1. The molecule has 1 aromatic carbocycles. The van der Waals surface area contributed by atoms with E-state index < -0.39 is 11.5 Å². The van der Waals surface area contributed by atoms with Gasteiger partial charge >= 0.3 is 0 Å². The first-order valence-corrected chi connectivity index (χ1v) is 8.71. The largest absolute Gasteiger partial charge is 0.391 e. The lowest BCUT2D eigenvalue weighted by Gasteiger charge is -2.46. The first-order valence-electron chi connectivity index (χ1n) is 8.71. The van der Waals surface area contributed by atoms with Gasteiger partial charge in [-0.25, -0.2) is 0 Å². The molecule has 0 radical (unpaired) electrons. The number of hydrogen-bond donors (Lipinski definition) is 3. The Balaban J connectivity index is 1.62. The van der Waals surface area contributed by atoms with Crippen LogP contribution >= 0.6 is 0 Å². The summed E-state index contributed by atoms with van der Waals surface area (Å²) in [6.45, 7) is 4.70. The molecule has 2 heterocycles. The zero-order valence-corrected chi connectivity index (χ0v) is 14.5. The summed E-state index contributed by atoms with van der Waals surface area (Å²) < 4.78 is 0. The van der Waals surface area contributed by atoms with Gasteiger partial charge in [0.25, 0.3) is 5.91 Å². The van der Waals surface area contributed by atoms with Gasteiger partial charge in [-0.15, -0.1) is 0 Å². The second kappa shape index (κ2) is 7.29. The van der Waals surface area contributed by atoms with Gasteiger partial charge in [0.15, 0.2) is 0 Å². The third kappa shape index (κ3) is 3.62. The number of hydrogen-bond acceptors (Lipinski definition) is 4. The highest BCUT2D eigenvalue weighted by Gasteiger charge is 2.45. The van der Waals surface area contributed by atoms with Crippen molar-refractivity contribution >= 4 is 23.4 Å². The van der Waals surface area contributed by atoms with Crippen LogP contribution in [0.1, 0.15) is 29.6 Å². The molecule has 3 rings (SSSR count). The number of β-amino-alcohol motifs (C(OH)–C–C–N with tert-alkyl or cyclic N) is 1. The van der Waals surface area contributed by atoms with Crippen LogP contribution in [0.3, 0.4) is 0 Å². The van der Waals surface area contributed by atoms with E-state index in [1.54, 1.807) is 29.2 Å². The van der Waals surface area contributed by atoms with Crippen LogP contribution in [0.5, 0.6) is 0 Å². The van der Waals surface area contributed by atoms with Crippen molar-refractivity contribution in [3.05, 3.63) is 42.5 Å². The summed E-state index contributed by atoms with van der Waals surface area (Å²) in [5, 5.41) is 15.6. The van der Waals surface area contributed by atoms with E-state index in [-0.39, 0.29) is 24.3 Å². The molecule has 2 aliphatic rings. The Morgan fingerprint density at radius 2 is 1.92 bits per heavy atom. The van der Waals surface area contributed by atoms with Crippen LogP contribution in [-0.4, -0.2) is 53.5 Å². The zero-order valence-electron chi connectivity index (χ0n) is 14.5. The van der Waals surface area contributed by atoms with Crippen molar-refractivity contribution in [2.24, 2.45) is 5.41 Å². The van der Waals surface area contributed by atoms with Gasteiger partial charge in [0.1, 0.15) is 0 Å². The van der Waals surface area contributed by atoms with Crippen molar-refractivity contribution in [3.63, 3.8) is 0 Å². The van der Waals surface area contributed by atoms with E-state index in [1.807, 2.05) is 0 Å². The Kier molecular flexibility index (Phi) is 5.08. The molecular weight excluding hydrogens is 334 g/mol. The topological polar surface area (TPSA) is 98.7 Å². The fourth-order valence-electron chi connectivity index (χ4n) is 3.66. The molecule has 7 heteroatoms. The van der Waals surface area contributed by atoms with Crippen LogP contribution in [0.2, 0.25) is 0 Å². The number of nitrogens with one attached hydrogen (secondary N) is 2. The Morgan fingerprint density at radius 1 is 1.27 bits per heavy atom. The van der Waals surface area contributed by atoms with Crippen LogP contribution in [0.15, 0.2) is 36.9 Å². The van der Waals surface area contributed by atoms with E-state index in [0.29, 0.717) is 43.6 Å². The van der Waals surface area contributed by atoms with Crippen molar-refractivity contribution in [1.82, 2.24) is 10.2 Å². The minimum atomic E-state index is -0.565. The van der Waals surface area contributed by atoms with Crippen LogP contribution in [0.25, 0.3) is 0 Å². The number of carbonyl (C=O) groups is 3. The van der Waals surface area contributed by atoms with Gasteiger partial charge in [0.05, 0.1) is 6.10 Å². The summed E-state index contributed by atoms with van der Waals surface area (Å²) in [6, 6.07) is 6.70. The second-order valence-corrected chi connectivity index (χ2v) is 6.92. The molecule has 2 fully saturated rings. The molecule has 138 valence electrons. The molecule has 7 nitrogen and oxygen atoms in total. The SMILES string of the molecule is C=CC(=O)Nc1ccc(C(=O)N2CCC3(CC2)CC(=O)NCC3O)cc1. The molecular formula is C19H23N3O4. The lowest BCUT2D eigenvalue weighted by molar-refractivity contribution is -0.134. The minimum Gasteiger partial charge on any atom is -0.391 e. The van der Waals surface area contributed by atoms with E-state index in [2.05, 4.69) is 17.2 Å². The van der Waals surface area contributed by atoms with Crippen molar-refractivity contribution in [2.75, 3.05) is 25.0 Å². The molecule has 0 aromatic heterocycles. The highest BCUT2D eigenvalue weighted by Crippen LogP contribution is 2.40. The quantitative estimate of drug-likeness (QED) is 0.701. The summed E-state index contributed by atoms with van der Waals surface area (Å²) in [5.41, 5.74) is 0.720. The van der Waals surface area contributed by atoms with Crippen LogP contribution in [0, 0.1) is 5.41 Å². The van der Waals surface area contributed by atoms with E-state index in [0.717, 1.165) is 0 Å². The van der Waals surface area contributed by atoms with Crippen LogP contribution in [-0.2, 0) is 9.59 Å². The molecule has 0 saturated carbocycles. The molecule has 1 spiro atoms. The number of amides is 3. The van der Waals surface area contributed by atoms with Crippen LogP contribution < -0.4 is 10.6 Å². The van der Waals surface area contributed by atoms with Gasteiger partial charge in [-0.3, -0.25) is 14.4 Å². The fourth-order valence-corrected chi connectivity index (χ4v) is 3.66. The number of nitrogens with zero attached hydrogens (tertiary/aromatic N) is 1. The molecule has 0 aliphatic carbocycles. The van der Waals surface area contributed by atoms with E-state index in [4.69, 9.17) is 0 Å². The average Bonchev–Trinajstić information content (AvgIpc) is 2.65. The number of carbonyl (C=O) groups excluding carboxylic acids is 3. The monoisotopic (exact) mass is 357 g/mol. The predicted octanol–water partition coefficient (Wildman–Crippen LogP) is 0.914. The molecule has 1 unspecified atom stereocenters. The van der Waals surface area contributed by atoms with E-state index in [1.165, 1.54) is 6.08 Å². The fraction of sp³-hybridized carbons (Fsp3) is 0.421. The minimum absolute atomic E-state index is 0.0350. The second-order valence-electron chi connectivity index (χ2n) is 6.92. The van der Waals surface area contributed by atoms with Gasteiger partial charge in [-0.05, 0) is 43.2 Å². The third-order valence-corrected chi connectivity index (χ3v) is 5.34. The smallest absolute Gasteiger partial charge is 0.253 e. The normalized spacial score (nSPS) is 21.8. The number of piperidine rings is 2. The molecule has 2 saturated heterocycles.